The van der Waals surface area contributed by atoms with Crippen LogP contribution in [0.5, 0.6) is 5.88 Å². The lowest BCUT2D eigenvalue weighted by atomic mass is 9.91. The lowest BCUT2D eigenvalue weighted by molar-refractivity contribution is 0.103. The Kier molecular flexibility index (Phi) is 6.62. The van der Waals surface area contributed by atoms with Gasteiger partial charge in [-0.15, -0.1) is 0 Å². The van der Waals surface area contributed by atoms with Gasteiger partial charge in [-0.1, -0.05) is 35.4 Å². The zero-order chi connectivity index (χ0) is 23.8. The summed E-state index contributed by atoms with van der Waals surface area (Å²) in [7, 11) is -2.62. The maximum atomic E-state index is 13.6. The summed E-state index contributed by atoms with van der Waals surface area (Å²) >= 11 is 6.45. The molecular weight excluding hydrogens is 448 g/mol. The van der Waals surface area contributed by atoms with E-state index in [4.69, 9.17) is 15.8 Å². The van der Waals surface area contributed by atoms with Gasteiger partial charge < -0.3 is 4.18 Å². The van der Waals surface area contributed by atoms with Gasteiger partial charge in [0.1, 0.15) is 10.5 Å². The van der Waals surface area contributed by atoms with Crippen LogP contribution in [0, 0.1) is 13.8 Å². The Morgan fingerprint density at radius 3 is 2.22 bits per heavy atom. The number of rotatable bonds is 6. The highest BCUT2D eigenvalue weighted by molar-refractivity contribution is 7.87. The predicted molar refractivity (Wildman–Crippen MR) is 126 cm³/mol. The normalized spacial score (nSPS) is 11.3. The fourth-order valence-corrected chi connectivity index (χ4v) is 4.84. The van der Waals surface area contributed by atoms with E-state index in [1.54, 1.807) is 37.3 Å². The lowest BCUT2D eigenvalue weighted by Gasteiger charge is -2.15. The van der Waals surface area contributed by atoms with Crippen molar-refractivity contribution in [3.63, 3.8) is 0 Å². The SMILES string of the molecule is CC(C)=C(C)c1c(Cl)ccc(C(=O)c2c(C)nn(C)c2OS(=O)(=O)c2ccccc2)c1C. The molecule has 0 atom stereocenters. The fraction of sp³-hybridized carbons (Fsp3) is 0.250. The second-order valence-corrected chi connectivity index (χ2v) is 9.74. The van der Waals surface area contributed by atoms with E-state index in [9.17, 15) is 13.2 Å². The van der Waals surface area contributed by atoms with E-state index in [2.05, 4.69) is 5.10 Å². The topological polar surface area (TPSA) is 78.3 Å². The third kappa shape index (κ3) is 4.36. The molecule has 0 aliphatic carbocycles. The summed E-state index contributed by atoms with van der Waals surface area (Å²) in [6.07, 6.45) is 0. The molecule has 0 radical (unpaired) electrons. The molecule has 2 aromatic carbocycles. The highest BCUT2D eigenvalue weighted by atomic mass is 35.5. The number of aromatic nitrogens is 2. The van der Waals surface area contributed by atoms with Gasteiger partial charge in [-0.2, -0.15) is 13.5 Å². The lowest BCUT2D eigenvalue weighted by Crippen LogP contribution is -2.15. The van der Waals surface area contributed by atoms with Gasteiger partial charge in [-0.3, -0.25) is 4.79 Å². The smallest absolute Gasteiger partial charge is 0.340 e. The fourth-order valence-electron chi connectivity index (χ4n) is 3.50. The molecule has 6 nitrogen and oxygen atoms in total. The number of allylic oxidation sites excluding steroid dienone is 2. The van der Waals surface area contributed by atoms with Crippen LogP contribution in [0.25, 0.3) is 5.57 Å². The van der Waals surface area contributed by atoms with Gasteiger partial charge in [0.25, 0.3) is 0 Å². The van der Waals surface area contributed by atoms with Gasteiger partial charge in [0.05, 0.1) is 5.69 Å². The minimum Gasteiger partial charge on any atom is -0.358 e. The van der Waals surface area contributed by atoms with E-state index in [1.807, 2.05) is 27.7 Å². The minimum atomic E-state index is -4.15. The van der Waals surface area contributed by atoms with E-state index >= 15 is 0 Å². The molecule has 3 rings (SSSR count). The van der Waals surface area contributed by atoms with Gasteiger partial charge in [-0.25, -0.2) is 4.68 Å². The number of carbonyl (C=O) groups excluding carboxylic acids is 1. The first-order valence-electron chi connectivity index (χ1n) is 9.97. The highest BCUT2D eigenvalue weighted by Crippen LogP contribution is 2.34. The predicted octanol–water partition coefficient (Wildman–Crippen LogP) is 5.50. The number of benzene rings is 2. The molecular formula is C24H25ClN2O4S. The Morgan fingerprint density at radius 1 is 1.00 bits per heavy atom. The van der Waals surface area contributed by atoms with E-state index in [0.717, 1.165) is 16.7 Å². The van der Waals surface area contributed by atoms with Crippen LogP contribution in [0.4, 0.5) is 0 Å². The quantitative estimate of drug-likeness (QED) is 0.349. The largest absolute Gasteiger partial charge is 0.358 e. The molecule has 0 unspecified atom stereocenters. The van der Waals surface area contributed by atoms with E-state index in [0.29, 0.717) is 21.8 Å². The Labute approximate surface area is 193 Å². The molecule has 0 spiro atoms. The zero-order valence-electron chi connectivity index (χ0n) is 18.9. The minimum absolute atomic E-state index is 0.0126. The highest BCUT2D eigenvalue weighted by Gasteiger charge is 2.29. The molecule has 0 aliphatic rings. The molecule has 168 valence electrons. The first-order chi connectivity index (χ1) is 15.0. The molecule has 0 fully saturated rings. The monoisotopic (exact) mass is 472 g/mol. The molecule has 0 aliphatic heterocycles. The van der Waals surface area contributed by atoms with Crippen molar-refractivity contribution in [1.29, 1.82) is 0 Å². The van der Waals surface area contributed by atoms with Gasteiger partial charge in [-0.05, 0) is 75.6 Å². The van der Waals surface area contributed by atoms with Gasteiger partial charge >= 0.3 is 10.1 Å². The summed E-state index contributed by atoms with van der Waals surface area (Å²) in [5.74, 6) is -0.517. The molecule has 0 N–H and O–H groups in total. The Bertz CT molecular complexity index is 1340. The Balaban J connectivity index is 2.14. The van der Waals surface area contributed by atoms with Crippen LogP contribution >= 0.6 is 11.6 Å². The molecule has 0 saturated carbocycles. The molecule has 1 aromatic heterocycles. The summed E-state index contributed by atoms with van der Waals surface area (Å²) in [4.78, 5) is 13.6. The Hall–Kier alpha value is -2.90. The number of carbonyl (C=O) groups is 1. The van der Waals surface area contributed by atoms with Crippen LogP contribution in [0.3, 0.4) is 0 Å². The molecule has 0 bridgehead atoms. The van der Waals surface area contributed by atoms with Crippen molar-refractivity contribution in [1.82, 2.24) is 9.78 Å². The van der Waals surface area contributed by atoms with Crippen LogP contribution < -0.4 is 4.18 Å². The van der Waals surface area contributed by atoms with Crippen molar-refractivity contribution in [2.45, 2.75) is 39.5 Å². The van der Waals surface area contributed by atoms with Crippen LogP contribution in [0.15, 0.2) is 52.9 Å². The summed E-state index contributed by atoms with van der Waals surface area (Å²) in [6, 6.07) is 11.1. The van der Waals surface area contributed by atoms with Gasteiger partial charge in [0.2, 0.25) is 11.7 Å². The maximum Gasteiger partial charge on any atom is 0.340 e. The molecule has 0 saturated heterocycles. The van der Waals surface area contributed by atoms with Crippen LogP contribution in [0.1, 0.15) is 53.5 Å². The molecule has 8 heteroatoms. The summed E-state index contributed by atoms with van der Waals surface area (Å²) in [5, 5.41) is 4.78. The van der Waals surface area contributed by atoms with Gasteiger partial charge in [0.15, 0.2) is 0 Å². The first kappa shape index (κ1) is 23.8. The van der Waals surface area contributed by atoms with Crippen molar-refractivity contribution >= 4 is 33.1 Å². The second kappa shape index (κ2) is 8.92. The second-order valence-electron chi connectivity index (χ2n) is 7.79. The number of halogens is 1. The number of aryl methyl sites for hydroxylation is 2. The van der Waals surface area contributed by atoms with Crippen LogP contribution in [0.2, 0.25) is 5.02 Å². The molecule has 1 heterocycles. The van der Waals surface area contributed by atoms with Gasteiger partial charge in [0, 0.05) is 17.6 Å². The standard InChI is InChI=1S/C24H25ClN2O4S/c1-14(2)15(3)21-16(4)19(12-13-20(21)25)23(28)22-17(5)26-27(6)24(22)31-32(29,30)18-10-8-7-9-11-18/h7-13H,1-6H3. The number of ketones is 1. The van der Waals surface area contributed by atoms with Crippen LogP contribution in [-0.2, 0) is 17.2 Å². The van der Waals surface area contributed by atoms with Crippen molar-refractivity contribution in [3.05, 3.63) is 81.0 Å². The third-order valence-corrected chi connectivity index (χ3v) is 6.94. The van der Waals surface area contributed by atoms with Crippen molar-refractivity contribution in [3.8, 4) is 5.88 Å². The number of hydrogen-bond donors (Lipinski definition) is 0. The number of hydrogen-bond acceptors (Lipinski definition) is 5. The van der Waals surface area contributed by atoms with E-state index < -0.39 is 10.1 Å². The van der Waals surface area contributed by atoms with E-state index in [1.165, 1.54) is 23.9 Å². The summed E-state index contributed by atoms with van der Waals surface area (Å²) in [5.41, 5.74) is 4.43. The third-order valence-electron chi connectivity index (χ3n) is 5.40. The summed E-state index contributed by atoms with van der Waals surface area (Å²) < 4.78 is 32.3. The molecule has 3 aromatic rings. The first-order valence-corrected chi connectivity index (χ1v) is 11.8. The van der Waals surface area contributed by atoms with Crippen LogP contribution in [-0.4, -0.2) is 24.0 Å². The average molecular weight is 473 g/mol. The zero-order valence-corrected chi connectivity index (χ0v) is 20.4. The molecule has 32 heavy (non-hydrogen) atoms. The number of nitrogens with zero attached hydrogens (tertiary/aromatic N) is 2. The van der Waals surface area contributed by atoms with Crippen molar-refractivity contribution < 1.29 is 17.4 Å². The molecule has 0 amide bonds. The maximum absolute atomic E-state index is 13.6. The van der Waals surface area contributed by atoms with Crippen molar-refractivity contribution in [2.75, 3.05) is 0 Å². The van der Waals surface area contributed by atoms with Crippen molar-refractivity contribution in [2.24, 2.45) is 7.05 Å². The van der Waals surface area contributed by atoms with E-state index in [-0.39, 0.29) is 22.1 Å². The average Bonchev–Trinajstić information content (AvgIpc) is 3.00. The Morgan fingerprint density at radius 2 is 1.62 bits per heavy atom. The summed E-state index contributed by atoms with van der Waals surface area (Å²) in [6.45, 7) is 9.38.